The molecule has 0 bridgehead atoms. The van der Waals surface area contributed by atoms with Crippen LogP contribution in [0.25, 0.3) is 0 Å². The summed E-state index contributed by atoms with van der Waals surface area (Å²) in [5.74, 6) is -1.19. The van der Waals surface area contributed by atoms with Crippen molar-refractivity contribution in [3.63, 3.8) is 0 Å². The molecular weight excluding hydrogens is 283 g/mol. The molecule has 3 nitrogen and oxygen atoms in total. The molecule has 15 heavy (non-hydrogen) atoms. The predicted octanol–water partition coefficient (Wildman–Crippen LogP) is 3.15. The van der Waals surface area contributed by atoms with E-state index in [9.17, 15) is 0 Å². The van der Waals surface area contributed by atoms with Crippen LogP contribution in [0.4, 0.5) is 0 Å². The molecule has 5 heteroatoms. The first-order chi connectivity index (χ1) is 7.09. The lowest BCUT2D eigenvalue weighted by Crippen LogP contribution is -2.32. The Morgan fingerprint density at radius 2 is 1.67 bits per heavy atom. The molecule has 0 fully saturated rings. The van der Waals surface area contributed by atoms with Crippen molar-refractivity contribution in [3.05, 3.63) is 33.3 Å². The van der Waals surface area contributed by atoms with E-state index >= 15 is 0 Å². The van der Waals surface area contributed by atoms with Crippen LogP contribution < -0.4 is 0 Å². The molecule has 1 aromatic rings. The zero-order valence-corrected chi connectivity index (χ0v) is 11.1. The summed E-state index contributed by atoms with van der Waals surface area (Å²) in [5, 5.41) is 0.621. The largest absolute Gasteiger partial charge is 0.327 e. The lowest BCUT2D eigenvalue weighted by molar-refractivity contribution is -0.364. The molecule has 1 aromatic carbocycles. The van der Waals surface area contributed by atoms with Gasteiger partial charge in [-0.05, 0) is 34.1 Å². The van der Waals surface area contributed by atoms with E-state index < -0.39 is 5.97 Å². The molecule has 0 aromatic heterocycles. The third kappa shape index (κ3) is 2.52. The Bertz CT molecular complexity index is 331. The summed E-state index contributed by atoms with van der Waals surface area (Å²) in [4.78, 5) is 0. The van der Waals surface area contributed by atoms with Gasteiger partial charge in [-0.25, -0.2) is 0 Å². The lowest BCUT2D eigenvalue weighted by Gasteiger charge is -2.29. The minimum absolute atomic E-state index is 0.621. The molecular formula is C10H12BrClO3. The minimum atomic E-state index is -1.19. The zero-order chi connectivity index (χ0) is 11.5. The second-order valence-corrected chi connectivity index (χ2v) is 4.06. The van der Waals surface area contributed by atoms with Crippen LogP contribution in [-0.2, 0) is 20.2 Å². The Kier molecular flexibility index (Phi) is 4.55. The molecule has 0 atom stereocenters. The standard InChI is InChI=1S/C10H12BrClO3/c1-13-10(14-2,15-3)7-4-5-9(12)8(11)6-7/h4-6H,1-3H3. The van der Waals surface area contributed by atoms with E-state index in [4.69, 9.17) is 25.8 Å². The van der Waals surface area contributed by atoms with Crippen molar-refractivity contribution in [2.45, 2.75) is 5.97 Å². The smallest absolute Gasteiger partial charge is 0.311 e. The number of methoxy groups -OCH3 is 3. The highest BCUT2D eigenvalue weighted by Crippen LogP contribution is 2.32. The normalized spacial score (nSPS) is 11.8. The highest BCUT2D eigenvalue weighted by atomic mass is 79.9. The molecule has 0 aliphatic heterocycles. The topological polar surface area (TPSA) is 27.7 Å². The van der Waals surface area contributed by atoms with Gasteiger partial charge in [0.1, 0.15) is 0 Å². The van der Waals surface area contributed by atoms with Crippen LogP contribution in [0.1, 0.15) is 5.56 Å². The summed E-state index contributed by atoms with van der Waals surface area (Å²) in [6.45, 7) is 0. The summed E-state index contributed by atoms with van der Waals surface area (Å²) in [5.41, 5.74) is 0.728. The van der Waals surface area contributed by atoms with Gasteiger partial charge in [-0.1, -0.05) is 11.6 Å². The first-order valence-corrected chi connectivity index (χ1v) is 5.37. The Balaban J connectivity index is 3.17. The van der Waals surface area contributed by atoms with E-state index in [-0.39, 0.29) is 0 Å². The average Bonchev–Trinajstić information content (AvgIpc) is 2.26. The molecule has 0 aliphatic rings. The van der Waals surface area contributed by atoms with E-state index in [2.05, 4.69) is 15.9 Å². The molecule has 84 valence electrons. The molecule has 0 saturated carbocycles. The van der Waals surface area contributed by atoms with E-state index in [0.29, 0.717) is 5.02 Å². The molecule has 1 rings (SSSR count). The highest BCUT2D eigenvalue weighted by Gasteiger charge is 2.32. The summed E-state index contributed by atoms with van der Waals surface area (Å²) >= 11 is 9.22. The first-order valence-electron chi connectivity index (χ1n) is 4.20. The van der Waals surface area contributed by atoms with Gasteiger partial charge in [0.05, 0.1) is 5.02 Å². The molecule has 0 aliphatic carbocycles. The van der Waals surface area contributed by atoms with Gasteiger partial charge in [0.15, 0.2) is 0 Å². The van der Waals surface area contributed by atoms with Gasteiger partial charge in [-0.3, -0.25) is 0 Å². The Hall–Kier alpha value is -0.130. The van der Waals surface area contributed by atoms with Gasteiger partial charge in [-0.15, -0.1) is 0 Å². The van der Waals surface area contributed by atoms with Crippen LogP contribution in [0.5, 0.6) is 0 Å². The number of benzene rings is 1. The van der Waals surface area contributed by atoms with Gasteiger partial charge in [-0.2, -0.15) is 0 Å². The van der Waals surface area contributed by atoms with Crippen molar-refractivity contribution in [2.24, 2.45) is 0 Å². The van der Waals surface area contributed by atoms with Gasteiger partial charge in [0.25, 0.3) is 0 Å². The third-order valence-electron chi connectivity index (χ3n) is 2.08. The predicted molar refractivity (Wildman–Crippen MR) is 61.9 cm³/mol. The molecule has 0 saturated heterocycles. The van der Waals surface area contributed by atoms with Crippen molar-refractivity contribution >= 4 is 27.5 Å². The fourth-order valence-corrected chi connectivity index (χ4v) is 1.79. The lowest BCUT2D eigenvalue weighted by atomic mass is 10.2. The second-order valence-electron chi connectivity index (χ2n) is 2.80. The SMILES string of the molecule is COC(OC)(OC)c1ccc(Cl)c(Br)c1. The van der Waals surface area contributed by atoms with E-state index in [0.717, 1.165) is 10.0 Å². The van der Waals surface area contributed by atoms with Gasteiger partial charge < -0.3 is 14.2 Å². The summed E-state index contributed by atoms with van der Waals surface area (Å²) in [6, 6.07) is 5.31. The van der Waals surface area contributed by atoms with Gasteiger partial charge in [0.2, 0.25) is 0 Å². The first kappa shape index (κ1) is 12.9. The Morgan fingerprint density at radius 3 is 2.07 bits per heavy atom. The van der Waals surface area contributed by atoms with Crippen LogP contribution in [0.3, 0.4) is 0 Å². The molecule has 0 N–H and O–H groups in total. The van der Waals surface area contributed by atoms with Crippen molar-refractivity contribution < 1.29 is 14.2 Å². The van der Waals surface area contributed by atoms with Crippen LogP contribution in [0.2, 0.25) is 5.02 Å². The molecule has 0 spiro atoms. The van der Waals surface area contributed by atoms with Crippen LogP contribution in [0.15, 0.2) is 22.7 Å². The van der Waals surface area contributed by atoms with Gasteiger partial charge in [0, 0.05) is 31.4 Å². The Morgan fingerprint density at radius 1 is 1.13 bits per heavy atom. The minimum Gasteiger partial charge on any atom is -0.327 e. The van der Waals surface area contributed by atoms with Gasteiger partial charge >= 0.3 is 5.97 Å². The van der Waals surface area contributed by atoms with Crippen molar-refractivity contribution in [3.8, 4) is 0 Å². The molecule has 0 heterocycles. The number of rotatable bonds is 4. The van der Waals surface area contributed by atoms with Crippen LogP contribution in [-0.4, -0.2) is 21.3 Å². The van der Waals surface area contributed by atoms with E-state index in [1.54, 1.807) is 18.2 Å². The number of hydrogen-bond donors (Lipinski definition) is 0. The summed E-state index contributed by atoms with van der Waals surface area (Å²) in [7, 11) is 4.53. The quantitative estimate of drug-likeness (QED) is 0.799. The maximum atomic E-state index is 5.89. The van der Waals surface area contributed by atoms with Crippen molar-refractivity contribution in [2.75, 3.05) is 21.3 Å². The highest BCUT2D eigenvalue weighted by molar-refractivity contribution is 9.10. The maximum absolute atomic E-state index is 5.89. The van der Waals surface area contributed by atoms with Crippen LogP contribution >= 0.6 is 27.5 Å². The molecule has 0 radical (unpaired) electrons. The monoisotopic (exact) mass is 294 g/mol. The maximum Gasteiger partial charge on any atom is 0.311 e. The number of hydrogen-bond acceptors (Lipinski definition) is 3. The van der Waals surface area contributed by atoms with E-state index in [1.165, 1.54) is 21.3 Å². The number of ether oxygens (including phenoxy) is 3. The average molecular weight is 296 g/mol. The fourth-order valence-electron chi connectivity index (χ4n) is 1.29. The van der Waals surface area contributed by atoms with Crippen molar-refractivity contribution in [1.29, 1.82) is 0 Å². The van der Waals surface area contributed by atoms with E-state index in [1.807, 2.05) is 0 Å². The molecule has 0 unspecified atom stereocenters. The number of halogens is 2. The third-order valence-corrected chi connectivity index (χ3v) is 3.29. The van der Waals surface area contributed by atoms with Crippen LogP contribution in [0, 0.1) is 0 Å². The Labute approximate surface area is 102 Å². The van der Waals surface area contributed by atoms with Crippen molar-refractivity contribution in [1.82, 2.24) is 0 Å². The second kappa shape index (κ2) is 5.27. The fraction of sp³-hybridized carbons (Fsp3) is 0.400. The summed E-state index contributed by atoms with van der Waals surface area (Å²) < 4.78 is 16.4. The zero-order valence-electron chi connectivity index (χ0n) is 8.71. The molecule has 0 amide bonds. The summed E-state index contributed by atoms with van der Waals surface area (Å²) in [6.07, 6.45) is 0.